The van der Waals surface area contributed by atoms with Gasteiger partial charge in [-0.25, -0.2) is 9.59 Å². The molecule has 2 aliphatic heterocycles. The summed E-state index contributed by atoms with van der Waals surface area (Å²) in [6.45, 7) is 8.55. The molecule has 1 unspecified atom stereocenters. The second-order valence-electron chi connectivity index (χ2n) is 11.9. The fraction of sp³-hybridized carbons (Fsp3) is 0.533. The second-order valence-corrected chi connectivity index (χ2v) is 11.9. The number of benzene rings is 1. The van der Waals surface area contributed by atoms with E-state index < -0.39 is 17.7 Å². The van der Waals surface area contributed by atoms with E-state index in [2.05, 4.69) is 20.2 Å². The number of imidazole rings is 1. The number of rotatable bonds is 6. The zero-order valence-electron chi connectivity index (χ0n) is 23.6. The molecule has 0 aliphatic carbocycles. The van der Waals surface area contributed by atoms with Gasteiger partial charge in [0.25, 0.3) is 0 Å². The van der Waals surface area contributed by atoms with E-state index in [4.69, 9.17) is 4.74 Å². The van der Waals surface area contributed by atoms with Gasteiger partial charge in [-0.2, -0.15) is 0 Å². The van der Waals surface area contributed by atoms with Gasteiger partial charge in [-0.15, -0.1) is 0 Å². The molecule has 1 aromatic carbocycles. The number of ether oxygens (including phenoxy) is 1. The molecule has 40 heavy (non-hydrogen) atoms. The average molecular weight is 549 g/mol. The number of aromatic amines is 1. The highest BCUT2D eigenvalue weighted by atomic mass is 16.6. The Balaban J connectivity index is 1.17. The van der Waals surface area contributed by atoms with Gasteiger partial charge in [0.15, 0.2) is 0 Å². The monoisotopic (exact) mass is 548 g/mol. The maximum absolute atomic E-state index is 13.6. The van der Waals surface area contributed by atoms with Gasteiger partial charge in [0.2, 0.25) is 5.91 Å². The zero-order valence-corrected chi connectivity index (χ0v) is 23.6. The number of piperidine rings is 2. The summed E-state index contributed by atoms with van der Waals surface area (Å²) in [6.07, 6.45) is 6.78. The van der Waals surface area contributed by atoms with Crippen LogP contribution in [-0.4, -0.2) is 80.2 Å². The molecule has 0 spiro atoms. The van der Waals surface area contributed by atoms with Crippen LogP contribution < -0.4 is 11.0 Å². The minimum atomic E-state index is -0.721. The van der Waals surface area contributed by atoms with Crippen LogP contribution >= 0.6 is 0 Å². The summed E-state index contributed by atoms with van der Waals surface area (Å²) in [4.78, 5) is 50.3. The van der Waals surface area contributed by atoms with Gasteiger partial charge >= 0.3 is 11.8 Å². The molecule has 214 valence electrons. The summed E-state index contributed by atoms with van der Waals surface area (Å²) in [5.74, 6) is -0.0921. The summed E-state index contributed by atoms with van der Waals surface area (Å²) < 4.78 is 7.36. The number of nitrogens with one attached hydrogen (secondary N) is 2. The highest BCUT2D eigenvalue weighted by molar-refractivity contribution is 5.86. The van der Waals surface area contributed by atoms with Crippen LogP contribution in [0.3, 0.4) is 0 Å². The first-order valence-electron chi connectivity index (χ1n) is 14.3. The van der Waals surface area contributed by atoms with Crippen molar-refractivity contribution in [3.8, 4) is 0 Å². The van der Waals surface area contributed by atoms with Crippen molar-refractivity contribution in [2.75, 3.05) is 26.2 Å². The summed E-state index contributed by atoms with van der Waals surface area (Å²) in [6, 6.07) is 11.5. The molecule has 10 heteroatoms. The van der Waals surface area contributed by atoms with Crippen LogP contribution in [0.5, 0.6) is 0 Å². The molecule has 2 N–H and O–H groups in total. The average Bonchev–Trinajstić information content (AvgIpc) is 3.27. The van der Waals surface area contributed by atoms with Crippen molar-refractivity contribution in [3.63, 3.8) is 0 Å². The number of nitrogens with zero attached hydrogens (tertiary/aromatic N) is 4. The van der Waals surface area contributed by atoms with E-state index in [0.29, 0.717) is 25.6 Å². The smallest absolute Gasteiger partial charge is 0.408 e. The molecule has 2 aliphatic rings. The van der Waals surface area contributed by atoms with Crippen molar-refractivity contribution in [2.24, 2.45) is 0 Å². The van der Waals surface area contributed by atoms with Gasteiger partial charge in [0.1, 0.15) is 11.6 Å². The standard InChI is InChI=1S/C30H40N6O4/c1-30(2,3)40-29(39)33-25(19-21-7-6-14-31-20-21)27(37)35-17-10-22(11-18-35)34-15-12-23(13-16-34)36-26-9-5-4-8-24(26)32-28(36)38/h4-9,14,20,22-23,25H,10-13,15-19H2,1-3H3,(H,32,38)(H,33,39). The molecule has 0 bridgehead atoms. The topological polar surface area (TPSA) is 113 Å². The number of carbonyl (C=O) groups is 2. The third kappa shape index (κ3) is 6.55. The van der Waals surface area contributed by atoms with E-state index in [0.717, 1.165) is 55.4 Å². The SMILES string of the molecule is CC(C)(C)OC(=O)NC(Cc1cccnc1)C(=O)N1CCC(N2CCC(n3c(=O)[nH]c4ccccc43)CC2)CC1. The molecule has 2 saturated heterocycles. The maximum atomic E-state index is 13.6. The number of pyridine rings is 1. The van der Waals surface area contributed by atoms with Gasteiger partial charge in [-0.05, 0) is 70.2 Å². The van der Waals surface area contributed by atoms with Gasteiger partial charge < -0.3 is 24.8 Å². The molecule has 10 nitrogen and oxygen atoms in total. The lowest BCUT2D eigenvalue weighted by atomic mass is 9.96. The predicted octanol–water partition coefficient (Wildman–Crippen LogP) is 3.49. The van der Waals surface area contributed by atoms with Crippen LogP contribution in [0.4, 0.5) is 4.79 Å². The van der Waals surface area contributed by atoms with Crippen LogP contribution in [0.2, 0.25) is 0 Å². The maximum Gasteiger partial charge on any atom is 0.408 e. The molecular weight excluding hydrogens is 508 g/mol. The first kappa shape index (κ1) is 27.9. The Hall–Kier alpha value is -3.66. The van der Waals surface area contributed by atoms with Crippen molar-refractivity contribution in [2.45, 2.75) is 76.6 Å². The number of amides is 2. The van der Waals surface area contributed by atoms with Gasteiger partial charge in [-0.1, -0.05) is 18.2 Å². The number of alkyl carbamates (subject to hydrolysis) is 1. The van der Waals surface area contributed by atoms with Crippen LogP contribution in [0.15, 0.2) is 53.6 Å². The first-order chi connectivity index (χ1) is 19.2. The molecule has 4 heterocycles. The molecule has 1 atom stereocenters. The Kier molecular flexibility index (Phi) is 8.25. The van der Waals surface area contributed by atoms with E-state index in [9.17, 15) is 14.4 Å². The lowest BCUT2D eigenvalue weighted by Crippen LogP contribution is -2.55. The van der Waals surface area contributed by atoms with E-state index in [1.807, 2.05) is 45.9 Å². The van der Waals surface area contributed by atoms with Crippen molar-refractivity contribution >= 4 is 23.0 Å². The normalized spacial score (nSPS) is 18.5. The van der Waals surface area contributed by atoms with E-state index in [1.165, 1.54) is 0 Å². The Morgan fingerprint density at radius 2 is 1.73 bits per heavy atom. The molecule has 2 amide bonds. The molecule has 0 saturated carbocycles. The summed E-state index contributed by atoms with van der Waals surface area (Å²) in [7, 11) is 0. The van der Waals surface area contributed by atoms with Crippen molar-refractivity contribution < 1.29 is 14.3 Å². The molecule has 0 radical (unpaired) electrons. The van der Waals surface area contributed by atoms with Crippen molar-refractivity contribution in [3.05, 3.63) is 64.8 Å². The van der Waals surface area contributed by atoms with Crippen LogP contribution in [0.25, 0.3) is 11.0 Å². The predicted molar refractivity (Wildman–Crippen MR) is 153 cm³/mol. The number of aromatic nitrogens is 3. The fourth-order valence-electron chi connectivity index (χ4n) is 6.02. The van der Waals surface area contributed by atoms with Crippen LogP contribution in [0, 0.1) is 0 Å². The second kappa shape index (κ2) is 11.8. The number of H-pyrrole nitrogens is 1. The van der Waals surface area contributed by atoms with Gasteiger partial charge in [0.05, 0.1) is 11.0 Å². The van der Waals surface area contributed by atoms with Crippen molar-refractivity contribution in [1.29, 1.82) is 0 Å². The number of fused-ring (bicyclic) bond motifs is 1. The Morgan fingerprint density at radius 1 is 1.02 bits per heavy atom. The third-order valence-corrected chi connectivity index (χ3v) is 7.93. The van der Waals surface area contributed by atoms with Crippen molar-refractivity contribution in [1.82, 2.24) is 29.7 Å². The highest BCUT2D eigenvalue weighted by Crippen LogP contribution is 2.28. The fourth-order valence-corrected chi connectivity index (χ4v) is 6.02. The van der Waals surface area contributed by atoms with Crippen LogP contribution in [-0.2, 0) is 16.0 Å². The minimum Gasteiger partial charge on any atom is -0.444 e. The molecular formula is C30H40N6O4. The molecule has 2 fully saturated rings. The van der Waals surface area contributed by atoms with Gasteiger partial charge in [0, 0.05) is 57.1 Å². The summed E-state index contributed by atoms with van der Waals surface area (Å²) in [5.41, 5.74) is 2.05. The zero-order chi connectivity index (χ0) is 28.3. The lowest BCUT2D eigenvalue weighted by Gasteiger charge is -2.42. The van der Waals surface area contributed by atoms with E-state index in [-0.39, 0.29) is 17.6 Å². The Labute approximate surface area is 234 Å². The quantitative estimate of drug-likeness (QED) is 0.488. The lowest BCUT2D eigenvalue weighted by molar-refractivity contribution is -0.135. The Morgan fingerprint density at radius 3 is 2.40 bits per heavy atom. The van der Waals surface area contributed by atoms with E-state index >= 15 is 0 Å². The number of hydrogen-bond donors (Lipinski definition) is 2. The summed E-state index contributed by atoms with van der Waals surface area (Å²) >= 11 is 0. The number of likely N-dealkylation sites (tertiary alicyclic amines) is 2. The number of carbonyl (C=O) groups excluding carboxylic acids is 2. The minimum absolute atomic E-state index is 0.0349. The Bertz CT molecular complexity index is 1360. The highest BCUT2D eigenvalue weighted by Gasteiger charge is 2.34. The van der Waals surface area contributed by atoms with Crippen LogP contribution in [0.1, 0.15) is 58.1 Å². The molecule has 2 aromatic heterocycles. The largest absolute Gasteiger partial charge is 0.444 e. The molecule has 5 rings (SSSR count). The summed E-state index contributed by atoms with van der Waals surface area (Å²) in [5, 5.41) is 2.81. The number of hydrogen-bond acceptors (Lipinski definition) is 6. The van der Waals surface area contributed by atoms with E-state index in [1.54, 1.807) is 33.2 Å². The molecule has 3 aromatic rings. The number of para-hydroxylation sites is 2. The third-order valence-electron chi connectivity index (χ3n) is 7.93. The first-order valence-corrected chi connectivity index (χ1v) is 14.3. The van der Waals surface area contributed by atoms with Gasteiger partial charge in [-0.3, -0.25) is 14.3 Å².